The van der Waals surface area contributed by atoms with Crippen LogP contribution in [0.2, 0.25) is 0 Å². The van der Waals surface area contributed by atoms with Gasteiger partial charge in [-0.15, -0.1) is 0 Å². The highest BCUT2D eigenvalue weighted by Gasteiger charge is 2.00. The summed E-state index contributed by atoms with van der Waals surface area (Å²) in [6.45, 7) is 2.24. The van der Waals surface area contributed by atoms with Crippen molar-refractivity contribution < 1.29 is 0 Å². The predicted molar refractivity (Wildman–Crippen MR) is 76.0 cm³/mol. The highest BCUT2D eigenvalue weighted by Crippen LogP contribution is 2.17. The first kappa shape index (κ1) is 11.7. The van der Waals surface area contributed by atoms with Crippen molar-refractivity contribution in [2.75, 3.05) is 12.4 Å². The molecule has 1 nitrogen and oxygen atoms in total. The highest BCUT2D eigenvalue weighted by atomic mass is 14.8. The van der Waals surface area contributed by atoms with E-state index in [1.54, 1.807) is 0 Å². The summed E-state index contributed by atoms with van der Waals surface area (Å²) in [4.78, 5) is 0. The molecular weight excluding hydrogens is 206 g/mol. The van der Waals surface area contributed by atoms with Gasteiger partial charge in [0.15, 0.2) is 0 Å². The minimum Gasteiger partial charge on any atom is -0.388 e. The molecule has 0 radical (unpaired) electrons. The smallest absolute Gasteiger partial charge is 0.0337 e. The van der Waals surface area contributed by atoms with Crippen LogP contribution in [0.15, 0.2) is 54.1 Å². The Morgan fingerprint density at radius 3 is 2.53 bits per heavy atom. The minimum absolute atomic E-state index is 0.682. The van der Waals surface area contributed by atoms with Gasteiger partial charge >= 0.3 is 0 Å². The third kappa shape index (κ3) is 3.35. The van der Waals surface area contributed by atoms with Crippen molar-refractivity contribution in [1.29, 1.82) is 0 Å². The first-order valence-electron chi connectivity index (χ1n) is 6.12. The zero-order chi connectivity index (χ0) is 12.1. The summed E-state index contributed by atoms with van der Waals surface area (Å²) in [7, 11) is 1.93. The van der Waals surface area contributed by atoms with Gasteiger partial charge in [-0.05, 0) is 35.6 Å². The largest absolute Gasteiger partial charge is 0.388 e. The van der Waals surface area contributed by atoms with Gasteiger partial charge in [0.05, 0.1) is 0 Å². The van der Waals surface area contributed by atoms with E-state index in [-0.39, 0.29) is 0 Å². The van der Waals surface area contributed by atoms with Crippen LogP contribution in [0.1, 0.15) is 18.9 Å². The van der Waals surface area contributed by atoms with Crippen molar-refractivity contribution >= 4 is 11.8 Å². The lowest BCUT2D eigenvalue weighted by Gasteiger charge is -2.08. The maximum atomic E-state index is 3.12. The quantitative estimate of drug-likeness (QED) is 0.810. The zero-order valence-corrected chi connectivity index (χ0v) is 10.5. The van der Waals surface area contributed by atoms with E-state index in [0.29, 0.717) is 5.92 Å². The molecule has 0 heterocycles. The predicted octanol–water partition coefficient (Wildman–Crippen LogP) is 4.26. The third-order valence-electron chi connectivity index (χ3n) is 3.01. The Bertz CT molecular complexity index is 449. The summed E-state index contributed by atoms with van der Waals surface area (Å²) >= 11 is 0. The zero-order valence-electron chi connectivity index (χ0n) is 10.5. The van der Waals surface area contributed by atoms with Crippen LogP contribution in [0.3, 0.4) is 0 Å². The summed E-state index contributed by atoms with van der Waals surface area (Å²) < 4.78 is 0. The van der Waals surface area contributed by atoms with Crippen LogP contribution in [0.4, 0.5) is 5.69 Å². The van der Waals surface area contributed by atoms with Crippen LogP contribution < -0.4 is 5.32 Å². The van der Waals surface area contributed by atoms with E-state index in [4.69, 9.17) is 0 Å². The third-order valence-corrected chi connectivity index (χ3v) is 3.01. The van der Waals surface area contributed by atoms with Gasteiger partial charge in [0.25, 0.3) is 0 Å². The average Bonchev–Trinajstić information content (AvgIpc) is 2.39. The van der Waals surface area contributed by atoms with Crippen molar-refractivity contribution in [3.8, 4) is 0 Å². The SMILES string of the molecule is CNc1ccc(/C=C/C2=CCC(C)C=C2)cc1. The van der Waals surface area contributed by atoms with E-state index in [1.807, 2.05) is 7.05 Å². The Morgan fingerprint density at radius 1 is 1.18 bits per heavy atom. The lowest BCUT2D eigenvalue weighted by Crippen LogP contribution is -1.92. The minimum atomic E-state index is 0.682. The molecule has 1 aromatic carbocycles. The molecule has 0 saturated carbocycles. The molecule has 0 aromatic heterocycles. The molecule has 0 bridgehead atoms. The molecular formula is C16H19N. The average molecular weight is 225 g/mol. The fourth-order valence-electron chi connectivity index (χ4n) is 1.82. The van der Waals surface area contributed by atoms with E-state index in [0.717, 1.165) is 12.1 Å². The fourth-order valence-corrected chi connectivity index (χ4v) is 1.82. The molecule has 1 aromatic rings. The first-order valence-corrected chi connectivity index (χ1v) is 6.12. The van der Waals surface area contributed by atoms with Crippen LogP contribution >= 0.6 is 0 Å². The van der Waals surface area contributed by atoms with E-state index in [9.17, 15) is 0 Å². The normalized spacial score (nSPS) is 19.4. The Hall–Kier alpha value is -1.76. The van der Waals surface area contributed by atoms with Crippen LogP contribution in [-0.4, -0.2) is 7.05 Å². The number of rotatable bonds is 3. The van der Waals surface area contributed by atoms with Gasteiger partial charge in [0, 0.05) is 12.7 Å². The summed E-state index contributed by atoms with van der Waals surface area (Å²) in [6, 6.07) is 8.43. The maximum Gasteiger partial charge on any atom is 0.0337 e. The van der Waals surface area contributed by atoms with E-state index >= 15 is 0 Å². The second-order valence-corrected chi connectivity index (χ2v) is 4.48. The van der Waals surface area contributed by atoms with Crippen LogP contribution in [0, 0.1) is 5.92 Å². The molecule has 1 aliphatic carbocycles. The standard InChI is InChI=1S/C16H19N/c1-13-3-5-14(6-4-13)7-8-15-9-11-16(17-2)12-10-15/h3,5-13,17H,4H2,1-2H3/b8-7+. The van der Waals surface area contributed by atoms with Crippen molar-refractivity contribution in [3.05, 3.63) is 59.7 Å². The molecule has 1 heteroatoms. The second-order valence-electron chi connectivity index (χ2n) is 4.48. The van der Waals surface area contributed by atoms with Crippen molar-refractivity contribution in [3.63, 3.8) is 0 Å². The van der Waals surface area contributed by atoms with Gasteiger partial charge in [-0.2, -0.15) is 0 Å². The molecule has 0 fully saturated rings. The molecule has 17 heavy (non-hydrogen) atoms. The Labute approximate surface area is 104 Å². The van der Waals surface area contributed by atoms with Crippen molar-refractivity contribution in [1.82, 2.24) is 0 Å². The maximum absolute atomic E-state index is 3.12. The van der Waals surface area contributed by atoms with Crippen LogP contribution in [-0.2, 0) is 0 Å². The molecule has 0 saturated heterocycles. The number of nitrogens with one attached hydrogen (secondary N) is 1. The molecule has 1 atom stereocenters. The summed E-state index contributed by atoms with van der Waals surface area (Å²) in [5.74, 6) is 0.682. The topological polar surface area (TPSA) is 12.0 Å². The van der Waals surface area contributed by atoms with E-state index in [2.05, 4.69) is 66.9 Å². The van der Waals surface area contributed by atoms with Gasteiger partial charge in [-0.1, -0.05) is 49.4 Å². The lowest BCUT2D eigenvalue weighted by molar-refractivity contribution is 0.733. The second kappa shape index (κ2) is 5.53. The molecule has 88 valence electrons. The molecule has 1 N–H and O–H groups in total. The van der Waals surface area contributed by atoms with Gasteiger partial charge in [-0.25, -0.2) is 0 Å². The van der Waals surface area contributed by atoms with Gasteiger partial charge < -0.3 is 5.32 Å². The molecule has 1 unspecified atom stereocenters. The van der Waals surface area contributed by atoms with Crippen LogP contribution in [0.25, 0.3) is 6.08 Å². The molecule has 0 aliphatic heterocycles. The summed E-state index contributed by atoms with van der Waals surface area (Å²) in [5.41, 5.74) is 3.69. The Balaban J connectivity index is 2.03. The lowest BCUT2D eigenvalue weighted by atomic mass is 9.98. The first-order chi connectivity index (χ1) is 8.28. The van der Waals surface area contributed by atoms with Crippen molar-refractivity contribution in [2.45, 2.75) is 13.3 Å². The van der Waals surface area contributed by atoms with E-state index in [1.165, 1.54) is 11.1 Å². The summed E-state index contributed by atoms with van der Waals surface area (Å²) in [6.07, 6.45) is 12.2. The number of hydrogen-bond acceptors (Lipinski definition) is 1. The molecule has 0 spiro atoms. The van der Waals surface area contributed by atoms with E-state index < -0.39 is 0 Å². The fraction of sp³-hybridized carbons (Fsp3) is 0.250. The van der Waals surface area contributed by atoms with Gasteiger partial charge in [-0.3, -0.25) is 0 Å². The van der Waals surface area contributed by atoms with Gasteiger partial charge in [0.1, 0.15) is 0 Å². The number of allylic oxidation sites excluding steroid dienone is 5. The number of hydrogen-bond donors (Lipinski definition) is 1. The monoisotopic (exact) mass is 225 g/mol. The van der Waals surface area contributed by atoms with Crippen molar-refractivity contribution in [2.24, 2.45) is 5.92 Å². The number of anilines is 1. The Kier molecular flexibility index (Phi) is 3.81. The molecule has 1 aliphatic rings. The molecule has 0 amide bonds. The van der Waals surface area contributed by atoms with Crippen LogP contribution in [0.5, 0.6) is 0 Å². The highest BCUT2D eigenvalue weighted by molar-refractivity contribution is 5.58. The van der Waals surface area contributed by atoms with Gasteiger partial charge in [0.2, 0.25) is 0 Å². The Morgan fingerprint density at radius 2 is 1.94 bits per heavy atom. The molecule has 2 rings (SSSR count). The number of benzene rings is 1. The summed E-state index contributed by atoms with van der Waals surface area (Å²) in [5, 5.41) is 3.12.